The normalized spacial score (nSPS) is 20.3. The van der Waals surface area contributed by atoms with Gasteiger partial charge in [0.2, 0.25) is 0 Å². The molecule has 23 heavy (non-hydrogen) atoms. The zero-order valence-corrected chi connectivity index (χ0v) is 14.1. The third-order valence-corrected chi connectivity index (χ3v) is 5.34. The number of methoxy groups -OCH3 is 1. The van der Waals surface area contributed by atoms with Crippen molar-refractivity contribution in [1.29, 1.82) is 0 Å². The first-order valence-electron chi connectivity index (χ1n) is 8.47. The van der Waals surface area contributed by atoms with Gasteiger partial charge in [-0.15, -0.1) is 0 Å². The molecule has 5 heteroatoms. The summed E-state index contributed by atoms with van der Waals surface area (Å²) in [5.41, 5.74) is 1.34. The van der Waals surface area contributed by atoms with Crippen LogP contribution >= 0.6 is 0 Å². The van der Waals surface area contributed by atoms with Crippen molar-refractivity contribution in [1.82, 2.24) is 10.2 Å². The summed E-state index contributed by atoms with van der Waals surface area (Å²) in [7, 11) is 3.46. The molecule has 2 aliphatic rings. The lowest BCUT2D eigenvalue weighted by Crippen LogP contribution is -2.40. The van der Waals surface area contributed by atoms with Crippen molar-refractivity contribution in [3.05, 3.63) is 23.8 Å². The maximum atomic E-state index is 10.00. The van der Waals surface area contributed by atoms with E-state index in [4.69, 9.17) is 4.74 Å². The van der Waals surface area contributed by atoms with E-state index in [1.807, 2.05) is 13.1 Å². The summed E-state index contributed by atoms with van der Waals surface area (Å²) in [5, 5.41) is 13.4. The van der Waals surface area contributed by atoms with Gasteiger partial charge in [-0.05, 0) is 42.9 Å². The highest BCUT2D eigenvalue weighted by Crippen LogP contribution is 2.45. The van der Waals surface area contributed by atoms with Gasteiger partial charge in [-0.2, -0.15) is 0 Å². The summed E-state index contributed by atoms with van der Waals surface area (Å²) in [6.45, 7) is 2.72. The number of hydrogen-bond acceptors (Lipinski definition) is 3. The van der Waals surface area contributed by atoms with Crippen LogP contribution in [0.1, 0.15) is 37.7 Å². The van der Waals surface area contributed by atoms with Crippen LogP contribution in [0, 0.1) is 5.41 Å². The Kier molecular flexibility index (Phi) is 4.64. The van der Waals surface area contributed by atoms with E-state index < -0.39 is 0 Å². The number of aromatic hydroxyl groups is 1. The molecule has 0 aromatic heterocycles. The van der Waals surface area contributed by atoms with Gasteiger partial charge < -0.3 is 20.1 Å². The lowest BCUT2D eigenvalue weighted by atomic mass is 9.86. The number of hydrogen-bond donors (Lipinski definition) is 2. The van der Waals surface area contributed by atoms with Crippen LogP contribution in [0.5, 0.6) is 11.5 Å². The maximum Gasteiger partial charge on any atom is 0.193 e. The first-order valence-corrected chi connectivity index (χ1v) is 8.47. The first-order chi connectivity index (χ1) is 11.2. The van der Waals surface area contributed by atoms with E-state index in [2.05, 4.69) is 15.2 Å². The lowest BCUT2D eigenvalue weighted by Gasteiger charge is -2.26. The largest absolute Gasteiger partial charge is 0.508 e. The molecule has 1 spiro atoms. The Morgan fingerprint density at radius 2 is 2.13 bits per heavy atom. The minimum Gasteiger partial charge on any atom is -0.508 e. The van der Waals surface area contributed by atoms with E-state index >= 15 is 0 Å². The Balaban J connectivity index is 1.62. The fourth-order valence-corrected chi connectivity index (χ4v) is 3.99. The summed E-state index contributed by atoms with van der Waals surface area (Å²) in [4.78, 5) is 6.79. The fraction of sp³-hybridized carbons (Fsp3) is 0.611. The van der Waals surface area contributed by atoms with Crippen molar-refractivity contribution in [3.8, 4) is 11.5 Å². The van der Waals surface area contributed by atoms with E-state index in [0.29, 0.717) is 12.0 Å². The Hall–Kier alpha value is -1.91. The van der Waals surface area contributed by atoms with Gasteiger partial charge in [0.05, 0.1) is 7.11 Å². The minimum absolute atomic E-state index is 0.280. The molecule has 0 unspecified atom stereocenters. The summed E-state index contributed by atoms with van der Waals surface area (Å²) < 4.78 is 5.23. The van der Waals surface area contributed by atoms with Crippen LogP contribution < -0.4 is 10.1 Å². The molecule has 0 radical (unpaired) electrons. The average molecular weight is 317 g/mol. The highest BCUT2D eigenvalue weighted by Gasteiger charge is 2.41. The molecule has 0 atom stereocenters. The van der Waals surface area contributed by atoms with Gasteiger partial charge in [-0.25, -0.2) is 0 Å². The quantitative estimate of drug-likeness (QED) is 0.665. The molecule has 1 aromatic carbocycles. The molecule has 1 aliphatic heterocycles. The Bertz CT molecular complexity index is 580. The van der Waals surface area contributed by atoms with Crippen LogP contribution in [0.2, 0.25) is 0 Å². The van der Waals surface area contributed by atoms with E-state index in [-0.39, 0.29) is 5.75 Å². The summed E-state index contributed by atoms with van der Waals surface area (Å²) >= 11 is 0. The smallest absolute Gasteiger partial charge is 0.193 e. The zero-order chi connectivity index (χ0) is 16.3. The Morgan fingerprint density at radius 3 is 2.83 bits per heavy atom. The van der Waals surface area contributed by atoms with Gasteiger partial charge in [0.1, 0.15) is 11.5 Å². The second-order valence-corrected chi connectivity index (χ2v) is 6.77. The molecule has 1 saturated heterocycles. The number of ether oxygens (including phenoxy) is 1. The summed E-state index contributed by atoms with van der Waals surface area (Å²) in [6.07, 6.45) is 6.74. The van der Waals surface area contributed by atoms with Crippen molar-refractivity contribution in [2.75, 3.05) is 27.2 Å². The molecule has 0 amide bonds. The summed E-state index contributed by atoms with van der Waals surface area (Å²) in [6, 6.07) is 5.29. The average Bonchev–Trinajstić information content (AvgIpc) is 3.20. The van der Waals surface area contributed by atoms with Crippen molar-refractivity contribution < 1.29 is 9.84 Å². The third-order valence-electron chi connectivity index (χ3n) is 5.34. The van der Waals surface area contributed by atoms with E-state index in [9.17, 15) is 5.11 Å². The number of guanidine groups is 1. The van der Waals surface area contributed by atoms with Crippen LogP contribution in [0.4, 0.5) is 0 Å². The second-order valence-electron chi connectivity index (χ2n) is 6.77. The molecular formula is C18H27N3O2. The van der Waals surface area contributed by atoms with Gasteiger partial charge in [0.15, 0.2) is 5.96 Å². The molecule has 1 aliphatic carbocycles. The second kappa shape index (κ2) is 6.69. The van der Waals surface area contributed by atoms with Crippen LogP contribution in [0.15, 0.2) is 23.2 Å². The fourth-order valence-electron chi connectivity index (χ4n) is 3.99. The highest BCUT2D eigenvalue weighted by atomic mass is 16.5. The molecule has 1 aromatic rings. The van der Waals surface area contributed by atoms with Gasteiger partial charge in [0.25, 0.3) is 0 Å². The van der Waals surface area contributed by atoms with E-state index in [1.54, 1.807) is 19.2 Å². The Labute approximate surface area is 138 Å². The van der Waals surface area contributed by atoms with Crippen LogP contribution in [-0.4, -0.2) is 43.2 Å². The Morgan fingerprint density at radius 1 is 1.35 bits per heavy atom. The van der Waals surface area contributed by atoms with Crippen LogP contribution in [-0.2, 0) is 6.54 Å². The molecule has 1 heterocycles. The number of phenolic OH excluding ortho intramolecular Hbond substituents is 1. The van der Waals surface area contributed by atoms with Crippen molar-refractivity contribution in [2.45, 2.75) is 38.6 Å². The predicted molar refractivity (Wildman–Crippen MR) is 91.9 cm³/mol. The molecule has 1 saturated carbocycles. The number of phenols is 1. The van der Waals surface area contributed by atoms with Gasteiger partial charge in [-0.3, -0.25) is 4.99 Å². The molecule has 0 bridgehead atoms. The van der Waals surface area contributed by atoms with E-state index in [1.165, 1.54) is 32.1 Å². The topological polar surface area (TPSA) is 57.1 Å². The van der Waals surface area contributed by atoms with Crippen LogP contribution in [0.3, 0.4) is 0 Å². The standard InChI is InChI=1S/C18H27N3O2/c1-19-17(21-10-9-18(13-21)7-3-4-8-18)20-12-14-11-15(23-2)5-6-16(14)22/h5-6,11,22H,3-4,7-10,12-13H2,1-2H3,(H,19,20). The van der Waals surface area contributed by atoms with Crippen molar-refractivity contribution in [2.24, 2.45) is 10.4 Å². The molecule has 2 N–H and O–H groups in total. The van der Waals surface area contributed by atoms with E-state index in [0.717, 1.165) is 30.4 Å². The zero-order valence-electron chi connectivity index (χ0n) is 14.1. The highest BCUT2D eigenvalue weighted by molar-refractivity contribution is 5.80. The monoisotopic (exact) mass is 317 g/mol. The number of nitrogens with one attached hydrogen (secondary N) is 1. The van der Waals surface area contributed by atoms with Gasteiger partial charge in [-0.1, -0.05) is 12.8 Å². The molecule has 5 nitrogen and oxygen atoms in total. The maximum absolute atomic E-state index is 10.00. The molecular weight excluding hydrogens is 290 g/mol. The molecule has 126 valence electrons. The number of likely N-dealkylation sites (tertiary alicyclic amines) is 1. The molecule has 3 rings (SSSR count). The van der Waals surface area contributed by atoms with Crippen molar-refractivity contribution in [3.63, 3.8) is 0 Å². The summed E-state index contributed by atoms with van der Waals surface area (Å²) in [5.74, 6) is 1.96. The van der Waals surface area contributed by atoms with Crippen molar-refractivity contribution >= 4 is 5.96 Å². The lowest BCUT2D eigenvalue weighted by molar-refractivity contribution is 0.309. The minimum atomic E-state index is 0.280. The number of aliphatic imine (C=N–C) groups is 1. The SMILES string of the molecule is CN=C(NCc1cc(OC)ccc1O)N1CCC2(CCCC2)C1. The number of rotatable bonds is 3. The van der Waals surface area contributed by atoms with Crippen LogP contribution in [0.25, 0.3) is 0 Å². The first kappa shape index (κ1) is 16.0. The van der Waals surface area contributed by atoms with Gasteiger partial charge >= 0.3 is 0 Å². The number of nitrogens with zero attached hydrogens (tertiary/aromatic N) is 2. The third kappa shape index (κ3) is 3.38. The predicted octanol–water partition coefficient (Wildman–Crippen LogP) is 2.74. The van der Waals surface area contributed by atoms with Gasteiger partial charge in [0, 0.05) is 32.2 Å². The molecule has 2 fully saturated rings. The number of benzene rings is 1.